The molecule has 0 heterocycles. The van der Waals surface area contributed by atoms with Crippen LogP contribution < -0.4 is 0 Å². The lowest BCUT2D eigenvalue weighted by Crippen LogP contribution is -2.23. The Bertz CT molecular complexity index is 397. The molecule has 16 heavy (non-hydrogen) atoms. The molecule has 1 aromatic rings. The van der Waals surface area contributed by atoms with Crippen LogP contribution in [0.3, 0.4) is 0 Å². The van der Waals surface area contributed by atoms with Gasteiger partial charge >= 0.3 is 0 Å². The lowest BCUT2D eigenvalue weighted by atomic mass is 9.72. The molecule has 0 saturated carbocycles. The van der Waals surface area contributed by atoms with Gasteiger partial charge in [0.05, 0.1) is 0 Å². The van der Waals surface area contributed by atoms with Gasteiger partial charge in [0.25, 0.3) is 0 Å². The summed E-state index contributed by atoms with van der Waals surface area (Å²) < 4.78 is 0. The molecule has 0 bridgehead atoms. The number of benzene rings is 1. The van der Waals surface area contributed by atoms with E-state index in [0.717, 1.165) is 6.42 Å². The predicted molar refractivity (Wildman–Crippen MR) is 70.5 cm³/mol. The molecule has 1 aliphatic rings. The third-order valence-electron chi connectivity index (χ3n) is 3.75. The van der Waals surface area contributed by atoms with Crippen LogP contribution in [0.4, 0.5) is 0 Å². The van der Waals surface area contributed by atoms with Crippen molar-refractivity contribution in [2.45, 2.75) is 38.5 Å². The SMILES string of the molecule is CCC(C)(C1=CCCC=C1)c1ccccc1. The summed E-state index contributed by atoms with van der Waals surface area (Å²) in [5.74, 6) is 0. The zero-order valence-electron chi connectivity index (χ0n) is 10.2. The summed E-state index contributed by atoms with van der Waals surface area (Å²) in [6.07, 6.45) is 10.5. The maximum Gasteiger partial charge on any atom is 0.0168 e. The minimum atomic E-state index is 0.179. The molecule has 1 unspecified atom stereocenters. The molecule has 0 fully saturated rings. The monoisotopic (exact) mass is 212 g/mol. The van der Waals surface area contributed by atoms with E-state index in [2.05, 4.69) is 62.4 Å². The Kier molecular flexibility index (Phi) is 3.28. The van der Waals surface area contributed by atoms with Crippen molar-refractivity contribution in [2.24, 2.45) is 0 Å². The number of hydrogen-bond donors (Lipinski definition) is 0. The van der Waals surface area contributed by atoms with Crippen LogP contribution in [0.5, 0.6) is 0 Å². The Balaban J connectivity index is 2.40. The van der Waals surface area contributed by atoms with E-state index in [-0.39, 0.29) is 5.41 Å². The van der Waals surface area contributed by atoms with E-state index in [0.29, 0.717) is 0 Å². The van der Waals surface area contributed by atoms with Crippen molar-refractivity contribution in [3.05, 3.63) is 59.7 Å². The largest absolute Gasteiger partial charge is 0.0839 e. The first-order chi connectivity index (χ1) is 7.77. The number of rotatable bonds is 3. The second kappa shape index (κ2) is 4.69. The van der Waals surface area contributed by atoms with E-state index in [1.807, 2.05) is 0 Å². The predicted octanol–water partition coefficient (Wildman–Crippen LogP) is 4.63. The first kappa shape index (κ1) is 11.2. The molecule has 0 N–H and O–H groups in total. The number of allylic oxidation sites excluding steroid dienone is 4. The van der Waals surface area contributed by atoms with Crippen molar-refractivity contribution in [1.82, 2.24) is 0 Å². The molecule has 0 saturated heterocycles. The van der Waals surface area contributed by atoms with Gasteiger partial charge in [0.2, 0.25) is 0 Å². The fourth-order valence-electron chi connectivity index (χ4n) is 2.40. The topological polar surface area (TPSA) is 0 Å². The summed E-state index contributed by atoms with van der Waals surface area (Å²) in [5.41, 5.74) is 3.08. The molecular weight excluding hydrogens is 192 g/mol. The van der Waals surface area contributed by atoms with Crippen LogP contribution in [0.2, 0.25) is 0 Å². The van der Waals surface area contributed by atoms with Crippen LogP contribution in [0.15, 0.2) is 54.1 Å². The fraction of sp³-hybridized carbons (Fsp3) is 0.375. The zero-order chi connectivity index (χ0) is 11.4. The molecule has 0 aromatic heterocycles. The average Bonchev–Trinajstić information content (AvgIpc) is 2.40. The molecule has 1 aliphatic carbocycles. The standard InChI is InChI=1S/C16H20/c1-3-16(2,14-10-6-4-7-11-14)15-12-8-5-9-13-15/h4,6-8,10-13H,3,5,9H2,1-2H3. The van der Waals surface area contributed by atoms with Crippen molar-refractivity contribution in [3.63, 3.8) is 0 Å². The van der Waals surface area contributed by atoms with Gasteiger partial charge in [-0.2, -0.15) is 0 Å². The summed E-state index contributed by atoms with van der Waals surface area (Å²) in [4.78, 5) is 0. The highest BCUT2D eigenvalue weighted by atomic mass is 14.3. The lowest BCUT2D eigenvalue weighted by Gasteiger charge is -2.32. The summed E-state index contributed by atoms with van der Waals surface area (Å²) >= 11 is 0. The lowest BCUT2D eigenvalue weighted by molar-refractivity contribution is 0.543. The van der Waals surface area contributed by atoms with E-state index in [1.165, 1.54) is 24.0 Å². The van der Waals surface area contributed by atoms with Crippen molar-refractivity contribution in [1.29, 1.82) is 0 Å². The van der Waals surface area contributed by atoms with E-state index in [1.54, 1.807) is 0 Å². The molecule has 84 valence electrons. The van der Waals surface area contributed by atoms with Crippen LogP contribution in [0.25, 0.3) is 0 Å². The van der Waals surface area contributed by atoms with E-state index >= 15 is 0 Å². The molecule has 1 aromatic carbocycles. The van der Waals surface area contributed by atoms with Gasteiger partial charge in [-0.15, -0.1) is 0 Å². The molecule has 0 radical (unpaired) electrons. The molecule has 0 aliphatic heterocycles. The summed E-state index contributed by atoms with van der Waals surface area (Å²) in [7, 11) is 0. The maximum absolute atomic E-state index is 2.40. The molecule has 1 atom stereocenters. The normalized spacial score (nSPS) is 19.0. The van der Waals surface area contributed by atoms with Crippen molar-refractivity contribution in [2.75, 3.05) is 0 Å². The third kappa shape index (κ3) is 1.97. The third-order valence-corrected chi connectivity index (χ3v) is 3.75. The first-order valence-electron chi connectivity index (χ1n) is 6.20. The summed E-state index contributed by atoms with van der Waals surface area (Å²) in [6.45, 7) is 4.63. The highest BCUT2D eigenvalue weighted by Crippen LogP contribution is 2.37. The van der Waals surface area contributed by atoms with Gasteiger partial charge in [-0.25, -0.2) is 0 Å². The minimum absolute atomic E-state index is 0.179. The van der Waals surface area contributed by atoms with Gasteiger partial charge in [0, 0.05) is 5.41 Å². The first-order valence-corrected chi connectivity index (χ1v) is 6.20. The zero-order valence-corrected chi connectivity index (χ0v) is 10.2. The molecule has 2 rings (SSSR count). The van der Waals surface area contributed by atoms with Crippen molar-refractivity contribution < 1.29 is 0 Å². The van der Waals surface area contributed by atoms with Crippen LogP contribution >= 0.6 is 0 Å². The van der Waals surface area contributed by atoms with Gasteiger partial charge in [-0.3, -0.25) is 0 Å². The Morgan fingerprint density at radius 1 is 1.12 bits per heavy atom. The Hall–Kier alpha value is -1.30. The Labute approximate surface area is 98.7 Å². The maximum atomic E-state index is 2.40. The van der Waals surface area contributed by atoms with Gasteiger partial charge in [0.15, 0.2) is 0 Å². The second-order valence-electron chi connectivity index (χ2n) is 4.69. The average molecular weight is 212 g/mol. The van der Waals surface area contributed by atoms with Crippen LogP contribution in [0.1, 0.15) is 38.7 Å². The summed E-state index contributed by atoms with van der Waals surface area (Å²) in [5, 5.41) is 0. The van der Waals surface area contributed by atoms with E-state index in [4.69, 9.17) is 0 Å². The van der Waals surface area contributed by atoms with E-state index < -0.39 is 0 Å². The van der Waals surface area contributed by atoms with Crippen LogP contribution in [-0.2, 0) is 5.41 Å². The Morgan fingerprint density at radius 2 is 1.88 bits per heavy atom. The fourth-order valence-corrected chi connectivity index (χ4v) is 2.40. The molecular formula is C16H20. The smallest absolute Gasteiger partial charge is 0.0168 e. The van der Waals surface area contributed by atoms with Gasteiger partial charge in [-0.1, -0.05) is 62.4 Å². The Morgan fingerprint density at radius 3 is 2.44 bits per heavy atom. The van der Waals surface area contributed by atoms with E-state index in [9.17, 15) is 0 Å². The molecule has 0 spiro atoms. The number of hydrogen-bond acceptors (Lipinski definition) is 0. The minimum Gasteiger partial charge on any atom is -0.0839 e. The molecule has 0 nitrogen and oxygen atoms in total. The molecule has 0 heteroatoms. The summed E-state index contributed by atoms with van der Waals surface area (Å²) in [6, 6.07) is 10.8. The van der Waals surface area contributed by atoms with Crippen molar-refractivity contribution >= 4 is 0 Å². The van der Waals surface area contributed by atoms with Crippen molar-refractivity contribution in [3.8, 4) is 0 Å². The van der Waals surface area contributed by atoms with Gasteiger partial charge in [0.1, 0.15) is 0 Å². The van der Waals surface area contributed by atoms with Crippen LogP contribution in [-0.4, -0.2) is 0 Å². The quantitative estimate of drug-likeness (QED) is 0.685. The van der Waals surface area contributed by atoms with Gasteiger partial charge < -0.3 is 0 Å². The molecule has 0 amide bonds. The van der Waals surface area contributed by atoms with Crippen LogP contribution in [0, 0.1) is 0 Å². The second-order valence-corrected chi connectivity index (χ2v) is 4.69. The van der Waals surface area contributed by atoms with Gasteiger partial charge in [-0.05, 0) is 30.4 Å². The highest BCUT2D eigenvalue weighted by Gasteiger charge is 2.27. The highest BCUT2D eigenvalue weighted by molar-refractivity contribution is 5.41.